The van der Waals surface area contributed by atoms with E-state index in [1.165, 1.54) is 11.3 Å². The number of nitrogens with zero attached hydrogens (tertiary/aromatic N) is 1. The van der Waals surface area contributed by atoms with Crippen LogP contribution in [0.3, 0.4) is 0 Å². The zero-order valence-corrected chi connectivity index (χ0v) is 12.3. The Bertz CT molecular complexity index is 376. The number of hydrogen-bond donors (Lipinski definition) is 1. The molecule has 1 aromatic rings. The van der Waals surface area contributed by atoms with Crippen molar-refractivity contribution in [2.24, 2.45) is 11.7 Å². The molecule has 2 rings (SSSR count). The number of hydrogen-bond acceptors (Lipinski definition) is 3. The molecule has 1 atom stereocenters. The lowest BCUT2D eigenvalue weighted by atomic mass is 9.94. The largest absolute Gasteiger partial charge is 0.342 e. The van der Waals surface area contributed by atoms with Gasteiger partial charge in [0, 0.05) is 24.4 Å². The highest BCUT2D eigenvalue weighted by molar-refractivity contribution is 7.09. The topological polar surface area (TPSA) is 46.3 Å². The van der Waals surface area contributed by atoms with Crippen LogP contribution < -0.4 is 5.73 Å². The Labute approximate surface area is 119 Å². The van der Waals surface area contributed by atoms with Gasteiger partial charge in [-0.25, -0.2) is 0 Å². The third kappa shape index (κ3) is 4.62. The molecule has 0 aliphatic carbocycles. The predicted molar refractivity (Wildman–Crippen MR) is 80.2 cm³/mol. The Hall–Kier alpha value is -0.870. The molecular formula is C15H24N2OS. The van der Waals surface area contributed by atoms with Gasteiger partial charge in [-0.15, -0.1) is 11.3 Å². The van der Waals surface area contributed by atoms with E-state index in [2.05, 4.69) is 22.4 Å². The number of carbonyl (C=O) groups is 1. The summed E-state index contributed by atoms with van der Waals surface area (Å²) in [6.07, 6.45) is 6.12. The molecule has 0 radical (unpaired) electrons. The molecule has 0 bridgehead atoms. The average molecular weight is 280 g/mol. The summed E-state index contributed by atoms with van der Waals surface area (Å²) >= 11 is 1.78. The van der Waals surface area contributed by atoms with Crippen molar-refractivity contribution in [3.63, 3.8) is 0 Å². The molecule has 1 aromatic heterocycles. The summed E-state index contributed by atoms with van der Waals surface area (Å²) in [6.45, 7) is 2.61. The highest BCUT2D eigenvalue weighted by Crippen LogP contribution is 2.20. The van der Waals surface area contributed by atoms with Crippen LogP contribution in [0.25, 0.3) is 0 Å². The van der Waals surface area contributed by atoms with Gasteiger partial charge in [0.1, 0.15) is 0 Å². The number of thiophene rings is 1. The first kappa shape index (κ1) is 14.5. The van der Waals surface area contributed by atoms with Gasteiger partial charge in [0.2, 0.25) is 5.91 Å². The quantitative estimate of drug-likeness (QED) is 0.871. The van der Waals surface area contributed by atoms with E-state index >= 15 is 0 Å². The van der Waals surface area contributed by atoms with Gasteiger partial charge in [0.05, 0.1) is 0 Å². The second-order valence-electron chi connectivity index (χ2n) is 5.36. The number of rotatable bonds is 6. The third-order valence-corrected chi connectivity index (χ3v) is 4.78. The van der Waals surface area contributed by atoms with Crippen LogP contribution in [0.5, 0.6) is 0 Å². The molecule has 4 heteroatoms. The second-order valence-corrected chi connectivity index (χ2v) is 6.39. The molecular weight excluding hydrogens is 256 g/mol. The van der Waals surface area contributed by atoms with E-state index in [0.29, 0.717) is 18.2 Å². The lowest BCUT2D eigenvalue weighted by molar-refractivity contribution is -0.133. The molecule has 106 valence electrons. The SMILES string of the molecule is NCCC1CCCN(C(=O)CCCc2cccs2)C1. The van der Waals surface area contributed by atoms with E-state index in [4.69, 9.17) is 5.73 Å². The fourth-order valence-corrected chi connectivity index (χ4v) is 3.54. The summed E-state index contributed by atoms with van der Waals surface area (Å²) in [7, 11) is 0. The highest BCUT2D eigenvalue weighted by atomic mass is 32.1. The van der Waals surface area contributed by atoms with Crippen LogP contribution in [-0.2, 0) is 11.2 Å². The molecule has 3 nitrogen and oxygen atoms in total. The number of piperidine rings is 1. The Morgan fingerprint density at radius 3 is 3.16 bits per heavy atom. The molecule has 1 saturated heterocycles. The minimum atomic E-state index is 0.332. The van der Waals surface area contributed by atoms with Gasteiger partial charge in [-0.05, 0) is 56.0 Å². The zero-order chi connectivity index (χ0) is 13.5. The van der Waals surface area contributed by atoms with E-state index in [0.717, 1.165) is 45.3 Å². The van der Waals surface area contributed by atoms with E-state index in [9.17, 15) is 4.79 Å². The van der Waals surface area contributed by atoms with Crippen LogP contribution in [0.2, 0.25) is 0 Å². The second kappa shape index (κ2) is 7.65. The molecule has 0 saturated carbocycles. The lowest BCUT2D eigenvalue weighted by Gasteiger charge is -2.32. The minimum Gasteiger partial charge on any atom is -0.342 e. The Balaban J connectivity index is 1.70. The molecule has 1 aliphatic rings. The molecule has 0 aromatic carbocycles. The van der Waals surface area contributed by atoms with E-state index in [-0.39, 0.29) is 0 Å². The summed E-state index contributed by atoms with van der Waals surface area (Å²) in [4.78, 5) is 15.6. The molecule has 0 spiro atoms. The van der Waals surface area contributed by atoms with Crippen LogP contribution >= 0.6 is 11.3 Å². The van der Waals surface area contributed by atoms with Crippen molar-refractivity contribution in [3.05, 3.63) is 22.4 Å². The Morgan fingerprint density at radius 2 is 2.42 bits per heavy atom. The van der Waals surface area contributed by atoms with Crippen molar-refractivity contribution in [1.29, 1.82) is 0 Å². The number of aryl methyl sites for hydroxylation is 1. The fourth-order valence-electron chi connectivity index (χ4n) is 2.79. The van der Waals surface area contributed by atoms with Crippen molar-refractivity contribution in [3.8, 4) is 0 Å². The summed E-state index contributed by atoms with van der Waals surface area (Å²) in [5.41, 5.74) is 5.61. The zero-order valence-electron chi connectivity index (χ0n) is 11.5. The third-order valence-electron chi connectivity index (χ3n) is 3.84. The fraction of sp³-hybridized carbons (Fsp3) is 0.667. The van der Waals surface area contributed by atoms with Crippen molar-refractivity contribution < 1.29 is 4.79 Å². The van der Waals surface area contributed by atoms with Gasteiger partial charge < -0.3 is 10.6 Å². The average Bonchev–Trinajstić information content (AvgIpc) is 2.92. The van der Waals surface area contributed by atoms with E-state index in [1.54, 1.807) is 11.3 Å². The maximum absolute atomic E-state index is 12.2. The highest BCUT2D eigenvalue weighted by Gasteiger charge is 2.22. The number of amides is 1. The molecule has 2 N–H and O–H groups in total. The van der Waals surface area contributed by atoms with Crippen LogP contribution in [0, 0.1) is 5.92 Å². The first-order valence-electron chi connectivity index (χ1n) is 7.30. The number of carbonyl (C=O) groups excluding carboxylic acids is 1. The molecule has 2 heterocycles. The van der Waals surface area contributed by atoms with Crippen LogP contribution in [0.1, 0.15) is 37.0 Å². The molecule has 1 unspecified atom stereocenters. The predicted octanol–water partition coefficient (Wildman–Crippen LogP) is 2.66. The van der Waals surface area contributed by atoms with Crippen LogP contribution in [0.15, 0.2) is 17.5 Å². The Kier molecular flexibility index (Phi) is 5.86. The van der Waals surface area contributed by atoms with Crippen molar-refractivity contribution >= 4 is 17.2 Å². The monoisotopic (exact) mass is 280 g/mol. The first-order valence-corrected chi connectivity index (χ1v) is 8.18. The molecule has 1 aliphatic heterocycles. The van der Waals surface area contributed by atoms with Crippen molar-refractivity contribution in [1.82, 2.24) is 4.90 Å². The maximum atomic E-state index is 12.2. The van der Waals surface area contributed by atoms with E-state index < -0.39 is 0 Å². The van der Waals surface area contributed by atoms with Gasteiger partial charge in [0.15, 0.2) is 0 Å². The summed E-state index contributed by atoms with van der Waals surface area (Å²) in [5.74, 6) is 0.957. The van der Waals surface area contributed by atoms with Gasteiger partial charge in [-0.1, -0.05) is 6.07 Å². The minimum absolute atomic E-state index is 0.332. The summed E-state index contributed by atoms with van der Waals surface area (Å²) in [5, 5.41) is 2.10. The first-order chi connectivity index (χ1) is 9.29. The van der Waals surface area contributed by atoms with Crippen molar-refractivity contribution in [2.75, 3.05) is 19.6 Å². The van der Waals surface area contributed by atoms with Gasteiger partial charge >= 0.3 is 0 Å². The number of nitrogens with two attached hydrogens (primary N) is 1. The van der Waals surface area contributed by atoms with E-state index in [1.807, 2.05) is 0 Å². The number of likely N-dealkylation sites (tertiary alicyclic amines) is 1. The summed E-state index contributed by atoms with van der Waals surface area (Å²) in [6, 6.07) is 4.22. The molecule has 19 heavy (non-hydrogen) atoms. The lowest BCUT2D eigenvalue weighted by Crippen LogP contribution is -2.40. The maximum Gasteiger partial charge on any atom is 0.222 e. The van der Waals surface area contributed by atoms with Gasteiger partial charge in [-0.3, -0.25) is 4.79 Å². The Morgan fingerprint density at radius 1 is 1.53 bits per heavy atom. The van der Waals surface area contributed by atoms with Crippen molar-refractivity contribution in [2.45, 2.75) is 38.5 Å². The van der Waals surface area contributed by atoms with Gasteiger partial charge in [-0.2, -0.15) is 0 Å². The molecule has 1 amide bonds. The standard InChI is InChI=1S/C15H24N2OS/c16-9-8-13-4-2-10-17(12-13)15(18)7-1-5-14-6-3-11-19-14/h3,6,11,13H,1-2,4-5,7-10,12,16H2. The normalized spacial score (nSPS) is 19.6. The van der Waals surface area contributed by atoms with Gasteiger partial charge in [0.25, 0.3) is 0 Å². The van der Waals surface area contributed by atoms with Crippen LogP contribution in [0.4, 0.5) is 0 Å². The molecule has 1 fully saturated rings. The summed E-state index contributed by atoms with van der Waals surface area (Å²) < 4.78 is 0. The van der Waals surface area contributed by atoms with Crippen LogP contribution in [-0.4, -0.2) is 30.4 Å². The smallest absolute Gasteiger partial charge is 0.222 e.